The van der Waals surface area contributed by atoms with Crippen molar-refractivity contribution in [1.29, 1.82) is 0 Å². The molecule has 3 atom stereocenters. The highest BCUT2D eigenvalue weighted by Gasteiger charge is 2.52. The molecule has 1 aromatic carbocycles. The molecule has 0 aromatic heterocycles. The van der Waals surface area contributed by atoms with Gasteiger partial charge in [-0.15, -0.1) is 0 Å². The second kappa shape index (κ2) is 12.7. The standard InChI is InChI=1S/C25H35F2NO4/c1-19(10-9-13-20-11-5-4-6-12-20)22(29)16-15-21-18-25(26,27)24(32)28(21)17-8-3-2-7-14-23(30)31/h4-6,11-12,15-16,19,21-22,29H,2-3,7-10,13-14,17-18H2,1H3,(H,30,31)/b16-15+/t19?,21-,22+/m0/s1. The summed E-state index contributed by atoms with van der Waals surface area (Å²) in [6.07, 6.45) is 6.95. The molecule has 1 heterocycles. The maximum absolute atomic E-state index is 14.0. The molecule has 1 aliphatic rings. The number of carboxylic acid groups (broad SMARTS) is 1. The molecule has 0 saturated carbocycles. The second-order valence-electron chi connectivity index (χ2n) is 8.76. The van der Waals surface area contributed by atoms with E-state index in [1.165, 1.54) is 10.5 Å². The van der Waals surface area contributed by atoms with E-state index in [4.69, 9.17) is 5.11 Å². The van der Waals surface area contributed by atoms with Gasteiger partial charge in [0.05, 0.1) is 12.1 Å². The summed E-state index contributed by atoms with van der Waals surface area (Å²) in [5.74, 6) is -5.42. The Morgan fingerprint density at radius 1 is 1.19 bits per heavy atom. The zero-order valence-electron chi connectivity index (χ0n) is 18.8. The Bertz CT molecular complexity index is 754. The average molecular weight is 452 g/mol. The first-order valence-corrected chi connectivity index (χ1v) is 11.5. The molecule has 1 fully saturated rings. The van der Waals surface area contributed by atoms with Crippen molar-refractivity contribution in [3.8, 4) is 0 Å². The molecule has 178 valence electrons. The number of halogens is 2. The predicted molar refractivity (Wildman–Crippen MR) is 119 cm³/mol. The normalized spacial score (nSPS) is 20.1. The van der Waals surface area contributed by atoms with Crippen molar-refractivity contribution in [2.45, 2.75) is 82.8 Å². The lowest BCUT2D eigenvalue weighted by atomic mass is 9.95. The van der Waals surface area contributed by atoms with Crippen molar-refractivity contribution >= 4 is 11.9 Å². The minimum Gasteiger partial charge on any atom is -0.481 e. The fourth-order valence-electron chi connectivity index (χ4n) is 4.05. The van der Waals surface area contributed by atoms with Gasteiger partial charge in [-0.25, -0.2) is 0 Å². The van der Waals surface area contributed by atoms with Gasteiger partial charge in [-0.05, 0) is 43.6 Å². The van der Waals surface area contributed by atoms with Crippen LogP contribution in [0, 0.1) is 5.92 Å². The Kier molecular flexibility index (Phi) is 10.3. The Balaban J connectivity index is 1.81. The third-order valence-electron chi connectivity index (χ3n) is 6.06. The second-order valence-corrected chi connectivity index (χ2v) is 8.76. The fourth-order valence-corrected chi connectivity index (χ4v) is 4.05. The van der Waals surface area contributed by atoms with Crippen molar-refractivity contribution in [3.05, 3.63) is 48.0 Å². The number of carbonyl (C=O) groups excluding carboxylic acids is 1. The third kappa shape index (κ3) is 8.34. The zero-order chi connectivity index (χ0) is 23.6. The number of alkyl halides is 2. The van der Waals surface area contributed by atoms with E-state index in [9.17, 15) is 23.5 Å². The van der Waals surface area contributed by atoms with Crippen LogP contribution in [0.4, 0.5) is 8.78 Å². The zero-order valence-corrected chi connectivity index (χ0v) is 18.8. The van der Waals surface area contributed by atoms with Crippen molar-refractivity contribution in [2.24, 2.45) is 5.92 Å². The Morgan fingerprint density at radius 3 is 2.56 bits per heavy atom. The van der Waals surface area contributed by atoms with Gasteiger partial charge < -0.3 is 15.1 Å². The lowest BCUT2D eigenvalue weighted by Crippen LogP contribution is -2.36. The van der Waals surface area contributed by atoms with E-state index in [2.05, 4.69) is 12.1 Å². The summed E-state index contributed by atoms with van der Waals surface area (Å²) >= 11 is 0. The van der Waals surface area contributed by atoms with Gasteiger partial charge in [0.15, 0.2) is 0 Å². The Morgan fingerprint density at radius 2 is 1.88 bits per heavy atom. The highest BCUT2D eigenvalue weighted by Crippen LogP contribution is 2.34. The minimum absolute atomic E-state index is 0.0183. The number of likely N-dealkylation sites (tertiary alicyclic amines) is 1. The molecular formula is C25H35F2NO4. The van der Waals surface area contributed by atoms with Crippen LogP contribution >= 0.6 is 0 Å². The monoisotopic (exact) mass is 451 g/mol. The number of aliphatic hydroxyl groups excluding tert-OH is 1. The minimum atomic E-state index is -3.38. The van der Waals surface area contributed by atoms with Crippen LogP contribution in [0.15, 0.2) is 42.5 Å². The van der Waals surface area contributed by atoms with Crippen LogP contribution < -0.4 is 0 Å². The number of nitrogens with zero attached hydrogens (tertiary/aromatic N) is 1. The summed E-state index contributed by atoms with van der Waals surface area (Å²) in [4.78, 5) is 23.8. The molecule has 2 N–H and O–H groups in total. The fraction of sp³-hybridized carbons (Fsp3) is 0.600. The largest absolute Gasteiger partial charge is 0.481 e. The molecule has 1 amide bonds. The van der Waals surface area contributed by atoms with Gasteiger partial charge in [-0.2, -0.15) is 8.78 Å². The van der Waals surface area contributed by atoms with Gasteiger partial charge in [-0.1, -0.05) is 62.2 Å². The molecule has 5 nitrogen and oxygen atoms in total. The predicted octanol–water partition coefficient (Wildman–Crippen LogP) is 4.83. The highest BCUT2D eigenvalue weighted by atomic mass is 19.3. The van der Waals surface area contributed by atoms with Gasteiger partial charge in [0.1, 0.15) is 0 Å². The maximum Gasteiger partial charge on any atom is 0.327 e. The first kappa shape index (κ1) is 26.0. The van der Waals surface area contributed by atoms with Crippen LogP contribution in [0.3, 0.4) is 0 Å². The number of rotatable bonds is 14. The van der Waals surface area contributed by atoms with Gasteiger partial charge in [0.25, 0.3) is 5.91 Å². The number of benzene rings is 1. The molecule has 0 aliphatic carbocycles. The summed E-state index contributed by atoms with van der Waals surface area (Å²) in [6, 6.07) is 9.37. The third-order valence-corrected chi connectivity index (χ3v) is 6.06. The summed E-state index contributed by atoms with van der Waals surface area (Å²) in [5.41, 5.74) is 1.25. The number of aliphatic carboxylic acids is 1. The van der Waals surface area contributed by atoms with Crippen molar-refractivity contribution in [3.63, 3.8) is 0 Å². The number of aliphatic hydroxyl groups is 1. The summed E-state index contributed by atoms with van der Waals surface area (Å²) in [5, 5.41) is 19.1. The van der Waals surface area contributed by atoms with Gasteiger partial charge in [0.2, 0.25) is 0 Å². The van der Waals surface area contributed by atoms with Crippen molar-refractivity contribution in [1.82, 2.24) is 4.90 Å². The number of amides is 1. The van der Waals surface area contributed by atoms with Crippen molar-refractivity contribution < 1.29 is 28.6 Å². The lowest BCUT2D eigenvalue weighted by molar-refractivity contribution is -0.148. The molecule has 7 heteroatoms. The van der Waals surface area contributed by atoms with Crippen LogP contribution in [-0.2, 0) is 16.0 Å². The lowest BCUT2D eigenvalue weighted by Gasteiger charge is -2.22. The number of hydrogen-bond acceptors (Lipinski definition) is 3. The highest BCUT2D eigenvalue weighted by molar-refractivity contribution is 5.86. The van der Waals surface area contributed by atoms with Crippen LogP contribution in [0.1, 0.15) is 63.9 Å². The molecule has 2 rings (SSSR count). The van der Waals surface area contributed by atoms with Crippen molar-refractivity contribution in [2.75, 3.05) is 6.54 Å². The van der Waals surface area contributed by atoms with Crippen LogP contribution in [0.5, 0.6) is 0 Å². The quantitative estimate of drug-likeness (QED) is 0.314. The maximum atomic E-state index is 14.0. The number of hydrogen-bond donors (Lipinski definition) is 2. The van der Waals surface area contributed by atoms with E-state index >= 15 is 0 Å². The topological polar surface area (TPSA) is 77.8 Å². The summed E-state index contributed by atoms with van der Waals surface area (Å²) < 4.78 is 28.0. The first-order valence-electron chi connectivity index (χ1n) is 11.5. The first-order chi connectivity index (χ1) is 15.2. The van der Waals surface area contributed by atoms with Crippen LogP contribution in [0.25, 0.3) is 0 Å². The molecule has 32 heavy (non-hydrogen) atoms. The van der Waals surface area contributed by atoms with Crippen LogP contribution in [0.2, 0.25) is 0 Å². The molecule has 0 radical (unpaired) electrons. The Hall–Kier alpha value is -2.28. The molecular weight excluding hydrogens is 416 g/mol. The molecule has 0 spiro atoms. The van der Waals surface area contributed by atoms with E-state index < -0.39 is 36.4 Å². The number of carbonyl (C=O) groups is 2. The van der Waals surface area contributed by atoms with Crippen LogP contribution in [-0.4, -0.2) is 51.6 Å². The molecule has 1 aromatic rings. The van der Waals surface area contributed by atoms with E-state index in [-0.39, 0.29) is 18.9 Å². The van der Waals surface area contributed by atoms with Gasteiger partial charge in [-0.3, -0.25) is 9.59 Å². The van der Waals surface area contributed by atoms with E-state index in [0.29, 0.717) is 25.7 Å². The number of unbranched alkanes of at least 4 members (excludes halogenated alkanes) is 3. The van der Waals surface area contributed by atoms with E-state index in [1.54, 1.807) is 12.2 Å². The number of carboxylic acids is 1. The SMILES string of the molecule is CC(CCCc1ccccc1)[C@H](O)/C=C/[C@H]1CC(F)(F)C(=O)N1CCCCCCC(=O)O. The smallest absolute Gasteiger partial charge is 0.327 e. The van der Waals surface area contributed by atoms with Gasteiger partial charge in [0, 0.05) is 19.4 Å². The Labute approximate surface area is 189 Å². The van der Waals surface area contributed by atoms with Gasteiger partial charge >= 0.3 is 11.9 Å². The molecule has 1 unspecified atom stereocenters. The summed E-state index contributed by atoms with van der Waals surface area (Å²) in [7, 11) is 0. The van der Waals surface area contributed by atoms with E-state index in [1.807, 2.05) is 25.1 Å². The summed E-state index contributed by atoms with van der Waals surface area (Å²) in [6.45, 7) is 2.14. The molecule has 1 aliphatic heterocycles. The van der Waals surface area contributed by atoms with E-state index in [0.717, 1.165) is 19.3 Å². The molecule has 0 bridgehead atoms. The number of aryl methyl sites for hydroxylation is 1. The average Bonchev–Trinajstić information content (AvgIpc) is 2.97. The molecule has 1 saturated heterocycles.